The SMILES string of the molecule is [C]1=CCC=CC=CCC=CCCCC1. The van der Waals surface area contributed by atoms with E-state index in [1.54, 1.807) is 0 Å². The van der Waals surface area contributed by atoms with Crippen molar-refractivity contribution in [2.45, 2.75) is 38.5 Å². The molecule has 0 atom stereocenters. The van der Waals surface area contributed by atoms with Gasteiger partial charge in [0.05, 0.1) is 0 Å². The van der Waals surface area contributed by atoms with Gasteiger partial charge in [-0.3, -0.25) is 0 Å². The lowest BCUT2D eigenvalue weighted by Crippen LogP contribution is -1.73. The third-order valence-corrected chi connectivity index (χ3v) is 2.16. The maximum absolute atomic E-state index is 3.31. The normalized spacial score (nSPS) is 19.4. The Kier molecular flexibility index (Phi) is 6.74. The average molecular weight is 187 g/mol. The van der Waals surface area contributed by atoms with Crippen molar-refractivity contribution in [3.63, 3.8) is 0 Å². The standard InChI is InChI=1S/C14H19/c1-2-4-6-8-10-12-14-13-11-9-7-5-3-1/h1-4,7-9H,5-6,11-14H2. The van der Waals surface area contributed by atoms with Crippen LogP contribution in [-0.4, -0.2) is 0 Å². The van der Waals surface area contributed by atoms with E-state index in [0.717, 1.165) is 19.3 Å². The largest absolute Gasteiger partial charge is 0.0882 e. The first kappa shape index (κ1) is 11.0. The average Bonchev–Trinajstić information content (AvgIpc) is 2.22. The molecule has 0 saturated heterocycles. The van der Waals surface area contributed by atoms with Gasteiger partial charge >= 0.3 is 0 Å². The van der Waals surface area contributed by atoms with Crippen LogP contribution in [-0.2, 0) is 0 Å². The molecule has 1 aliphatic carbocycles. The summed E-state index contributed by atoms with van der Waals surface area (Å²) in [5.41, 5.74) is 0. The molecule has 0 N–H and O–H groups in total. The Morgan fingerprint density at radius 1 is 0.786 bits per heavy atom. The monoisotopic (exact) mass is 187 g/mol. The Morgan fingerprint density at radius 3 is 2.57 bits per heavy atom. The van der Waals surface area contributed by atoms with Crippen molar-refractivity contribution < 1.29 is 0 Å². The summed E-state index contributed by atoms with van der Waals surface area (Å²) in [6, 6.07) is 0. The van der Waals surface area contributed by atoms with Crippen LogP contribution in [0.15, 0.2) is 42.5 Å². The molecule has 0 saturated carbocycles. The van der Waals surface area contributed by atoms with Gasteiger partial charge in [0.25, 0.3) is 0 Å². The lowest BCUT2D eigenvalue weighted by molar-refractivity contribution is 0.752. The lowest BCUT2D eigenvalue weighted by atomic mass is 10.1. The first-order valence-electron chi connectivity index (χ1n) is 5.52. The van der Waals surface area contributed by atoms with Crippen LogP contribution in [0.5, 0.6) is 0 Å². The van der Waals surface area contributed by atoms with Gasteiger partial charge in [-0.25, -0.2) is 0 Å². The minimum atomic E-state index is 1.01. The summed E-state index contributed by atoms with van der Waals surface area (Å²) in [7, 11) is 0. The second-order valence-corrected chi connectivity index (χ2v) is 3.45. The van der Waals surface area contributed by atoms with Gasteiger partial charge in [0.1, 0.15) is 0 Å². The second kappa shape index (κ2) is 8.55. The van der Waals surface area contributed by atoms with Crippen molar-refractivity contribution in [3.8, 4) is 0 Å². The highest BCUT2D eigenvalue weighted by atomic mass is 13.9. The molecule has 0 fully saturated rings. The van der Waals surface area contributed by atoms with Crippen molar-refractivity contribution in [3.05, 3.63) is 48.6 Å². The molecule has 0 aromatic carbocycles. The topological polar surface area (TPSA) is 0 Å². The Labute approximate surface area is 87.7 Å². The summed E-state index contributed by atoms with van der Waals surface area (Å²) >= 11 is 0. The zero-order chi connectivity index (χ0) is 9.90. The fraction of sp³-hybridized carbons (Fsp3) is 0.429. The van der Waals surface area contributed by atoms with Crippen molar-refractivity contribution in [2.75, 3.05) is 0 Å². The van der Waals surface area contributed by atoms with Gasteiger partial charge in [-0.1, -0.05) is 42.5 Å². The first-order valence-corrected chi connectivity index (χ1v) is 5.52. The Hall–Kier alpha value is -1.04. The fourth-order valence-electron chi connectivity index (χ4n) is 1.35. The molecule has 1 radical (unpaired) electrons. The first-order chi connectivity index (χ1) is 7.00. The summed E-state index contributed by atoms with van der Waals surface area (Å²) in [4.78, 5) is 0. The minimum Gasteiger partial charge on any atom is -0.0882 e. The van der Waals surface area contributed by atoms with Crippen LogP contribution in [0.4, 0.5) is 0 Å². The molecule has 1 rings (SSSR count). The van der Waals surface area contributed by atoms with E-state index in [2.05, 4.69) is 48.6 Å². The number of allylic oxidation sites excluding steroid dienone is 8. The van der Waals surface area contributed by atoms with Gasteiger partial charge in [-0.05, 0) is 44.6 Å². The molecular weight excluding hydrogens is 168 g/mol. The van der Waals surface area contributed by atoms with Crippen LogP contribution in [0.1, 0.15) is 38.5 Å². The summed E-state index contributed by atoms with van der Waals surface area (Å²) < 4.78 is 0. The summed E-state index contributed by atoms with van der Waals surface area (Å²) in [5, 5.41) is 0. The summed E-state index contributed by atoms with van der Waals surface area (Å²) in [6.07, 6.45) is 25.5. The van der Waals surface area contributed by atoms with E-state index in [-0.39, 0.29) is 0 Å². The molecule has 0 spiro atoms. The highest BCUT2D eigenvalue weighted by molar-refractivity contribution is 5.06. The van der Waals surface area contributed by atoms with Gasteiger partial charge in [-0.2, -0.15) is 0 Å². The van der Waals surface area contributed by atoms with Crippen molar-refractivity contribution >= 4 is 0 Å². The molecule has 14 heavy (non-hydrogen) atoms. The number of hydrogen-bond donors (Lipinski definition) is 0. The minimum absolute atomic E-state index is 1.01. The van der Waals surface area contributed by atoms with E-state index in [0.29, 0.717) is 0 Å². The second-order valence-electron chi connectivity index (χ2n) is 3.45. The smallest absolute Gasteiger partial charge is 0.0160 e. The van der Waals surface area contributed by atoms with Gasteiger partial charge in [0.2, 0.25) is 0 Å². The predicted molar refractivity (Wildman–Crippen MR) is 62.9 cm³/mol. The molecule has 0 nitrogen and oxygen atoms in total. The van der Waals surface area contributed by atoms with Crippen LogP contribution < -0.4 is 0 Å². The van der Waals surface area contributed by atoms with Gasteiger partial charge in [-0.15, -0.1) is 0 Å². The van der Waals surface area contributed by atoms with Crippen molar-refractivity contribution in [1.82, 2.24) is 0 Å². The Bertz CT molecular complexity index is 202. The highest BCUT2D eigenvalue weighted by Gasteiger charge is 1.84. The molecule has 1 aliphatic rings. The number of hydrogen-bond acceptors (Lipinski definition) is 0. The summed E-state index contributed by atoms with van der Waals surface area (Å²) in [6.45, 7) is 0. The van der Waals surface area contributed by atoms with Gasteiger partial charge < -0.3 is 0 Å². The molecule has 0 amide bonds. The number of rotatable bonds is 0. The van der Waals surface area contributed by atoms with E-state index < -0.39 is 0 Å². The van der Waals surface area contributed by atoms with E-state index in [9.17, 15) is 0 Å². The van der Waals surface area contributed by atoms with E-state index in [1.807, 2.05) is 0 Å². The molecular formula is C14H19. The van der Waals surface area contributed by atoms with Crippen molar-refractivity contribution in [1.29, 1.82) is 0 Å². The van der Waals surface area contributed by atoms with Gasteiger partial charge in [0.15, 0.2) is 0 Å². The predicted octanol–water partition coefficient (Wildman–Crippen LogP) is 4.37. The highest BCUT2D eigenvalue weighted by Crippen LogP contribution is 2.03. The van der Waals surface area contributed by atoms with E-state index >= 15 is 0 Å². The van der Waals surface area contributed by atoms with Crippen LogP contribution >= 0.6 is 0 Å². The molecule has 0 unspecified atom stereocenters. The fourth-order valence-corrected chi connectivity index (χ4v) is 1.35. The van der Waals surface area contributed by atoms with Crippen LogP contribution in [0.25, 0.3) is 0 Å². The lowest BCUT2D eigenvalue weighted by Gasteiger charge is -1.92. The molecule has 0 aromatic rings. The van der Waals surface area contributed by atoms with Gasteiger partial charge in [0, 0.05) is 0 Å². The third kappa shape index (κ3) is 6.47. The van der Waals surface area contributed by atoms with E-state index in [4.69, 9.17) is 0 Å². The molecule has 0 aromatic heterocycles. The maximum Gasteiger partial charge on any atom is -0.0160 e. The molecule has 0 aliphatic heterocycles. The third-order valence-electron chi connectivity index (χ3n) is 2.16. The van der Waals surface area contributed by atoms with Crippen LogP contribution in [0.2, 0.25) is 0 Å². The Morgan fingerprint density at radius 2 is 1.64 bits per heavy atom. The van der Waals surface area contributed by atoms with Crippen LogP contribution in [0.3, 0.4) is 0 Å². The molecule has 75 valence electrons. The summed E-state index contributed by atoms with van der Waals surface area (Å²) in [5.74, 6) is 0. The van der Waals surface area contributed by atoms with Crippen LogP contribution in [0, 0.1) is 6.08 Å². The Balaban J connectivity index is 2.35. The van der Waals surface area contributed by atoms with Crippen molar-refractivity contribution in [2.24, 2.45) is 0 Å². The van der Waals surface area contributed by atoms with E-state index in [1.165, 1.54) is 19.3 Å². The maximum atomic E-state index is 3.31. The molecule has 0 bridgehead atoms. The quantitative estimate of drug-likeness (QED) is 0.494. The molecule has 0 heterocycles. The molecule has 0 heteroatoms. The zero-order valence-electron chi connectivity index (χ0n) is 8.78. The zero-order valence-corrected chi connectivity index (χ0v) is 8.78.